The Kier molecular flexibility index (Phi) is 12.0. The van der Waals surface area contributed by atoms with Gasteiger partial charge in [0, 0.05) is 6.16 Å². The first-order valence-corrected chi connectivity index (χ1v) is 15.2. The zero-order valence-electron chi connectivity index (χ0n) is 21.0. The lowest BCUT2D eigenvalue weighted by molar-refractivity contribution is 0.155. The molecule has 0 aliphatic heterocycles. The normalized spacial score (nSPS) is 25.6. The molecular formula is C28H45F2O3P. The van der Waals surface area contributed by atoms with Gasteiger partial charge in [0.15, 0.2) is 19.9 Å². The number of rotatable bonds is 13. The summed E-state index contributed by atoms with van der Waals surface area (Å²) in [5.74, 6) is 1.02. The molecule has 0 aromatic heterocycles. The van der Waals surface area contributed by atoms with Crippen molar-refractivity contribution >= 4 is 8.38 Å². The van der Waals surface area contributed by atoms with Crippen molar-refractivity contribution in [1.29, 1.82) is 0 Å². The monoisotopic (exact) mass is 498 g/mol. The molecule has 2 N–H and O–H groups in total. The predicted molar refractivity (Wildman–Crippen MR) is 136 cm³/mol. The van der Waals surface area contributed by atoms with E-state index >= 15 is 0 Å². The second-order valence-corrected chi connectivity index (χ2v) is 11.9. The lowest BCUT2D eigenvalue weighted by Gasteiger charge is -2.38. The van der Waals surface area contributed by atoms with Crippen molar-refractivity contribution in [3.05, 3.63) is 29.3 Å². The molecule has 1 aromatic rings. The fourth-order valence-electron chi connectivity index (χ4n) is 6.22. The maximum absolute atomic E-state index is 14.9. The maximum atomic E-state index is 14.9. The van der Waals surface area contributed by atoms with Crippen LogP contribution in [0.5, 0.6) is 5.75 Å². The molecule has 3 nitrogen and oxygen atoms in total. The first kappa shape index (κ1) is 27.8. The predicted octanol–water partition coefficient (Wildman–Crippen LogP) is 8.47. The van der Waals surface area contributed by atoms with Crippen LogP contribution < -0.4 is 4.74 Å². The van der Waals surface area contributed by atoms with E-state index in [0.717, 1.165) is 49.9 Å². The Balaban J connectivity index is 1.41. The van der Waals surface area contributed by atoms with Gasteiger partial charge >= 0.3 is 0 Å². The molecule has 6 heteroatoms. The average Bonchev–Trinajstić information content (AvgIpc) is 2.84. The number of unbranched alkanes of at least 4 members (excludes halogenated alkanes) is 4. The SMILES string of the molecule is CCCCCC1CCC(C2CCC(c3ccc(OCCCCCP(O)O)c(F)c3F)CC2)CC1. The van der Waals surface area contributed by atoms with Gasteiger partial charge in [-0.25, -0.2) is 4.39 Å². The molecule has 0 unspecified atom stereocenters. The van der Waals surface area contributed by atoms with Crippen LogP contribution in [0.4, 0.5) is 8.78 Å². The third-order valence-corrected chi connectivity index (χ3v) is 9.04. The quantitative estimate of drug-likeness (QED) is 0.212. The number of ether oxygens (including phenoxy) is 1. The maximum Gasteiger partial charge on any atom is 0.200 e. The van der Waals surface area contributed by atoms with Gasteiger partial charge < -0.3 is 14.5 Å². The Morgan fingerprint density at radius 1 is 0.824 bits per heavy atom. The van der Waals surface area contributed by atoms with Gasteiger partial charge in [0.2, 0.25) is 5.82 Å². The van der Waals surface area contributed by atoms with Crippen molar-refractivity contribution in [3.63, 3.8) is 0 Å². The Morgan fingerprint density at radius 2 is 1.50 bits per heavy atom. The third kappa shape index (κ3) is 8.42. The molecule has 0 spiro atoms. The summed E-state index contributed by atoms with van der Waals surface area (Å²) < 4.78 is 35.0. The minimum Gasteiger partial charge on any atom is -0.490 e. The molecule has 2 aliphatic rings. The molecule has 194 valence electrons. The molecule has 2 aliphatic carbocycles. The summed E-state index contributed by atoms with van der Waals surface area (Å²) in [4.78, 5) is 17.8. The van der Waals surface area contributed by atoms with Crippen molar-refractivity contribution in [2.24, 2.45) is 17.8 Å². The summed E-state index contributed by atoms with van der Waals surface area (Å²) in [7, 11) is -1.85. The molecule has 1 aromatic carbocycles. The van der Waals surface area contributed by atoms with E-state index in [1.165, 1.54) is 51.4 Å². The zero-order chi connectivity index (χ0) is 24.3. The van der Waals surface area contributed by atoms with Gasteiger partial charge in [-0.15, -0.1) is 0 Å². The van der Waals surface area contributed by atoms with E-state index < -0.39 is 20.0 Å². The second-order valence-electron chi connectivity index (χ2n) is 10.7. The van der Waals surface area contributed by atoms with Gasteiger partial charge in [0.1, 0.15) is 0 Å². The lowest BCUT2D eigenvalue weighted by atomic mass is 9.68. The summed E-state index contributed by atoms with van der Waals surface area (Å²) in [6.45, 7) is 2.57. The number of benzene rings is 1. The zero-order valence-corrected chi connectivity index (χ0v) is 21.9. The lowest BCUT2D eigenvalue weighted by Crippen LogP contribution is -2.25. The van der Waals surface area contributed by atoms with Crippen LogP contribution in [-0.2, 0) is 0 Å². The first-order valence-electron chi connectivity index (χ1n) is 13.8. The van der Waals surface area contributed by atoms with Crippen molar-refractivity contribution in [2.45, 2.75) is 109 Å². The molecule has 3 rings (SSSR count). The van der Waals surface area contributed by atoms with E-state index in [-0.39, 0.29) is 11.7 Å². The molecule has 2 saturated carbocycles. The average molecular weight is 499 g/mol. The number of hydrogen-bond donors (Lipinski definition) is 2. The van der Waals surface area contributed by atoms with Gasteiger partial charge in [-0.3, -0.25) is 0 Å². The van der Waals surface area contributed by atoms with Gasteiger partial charge in [0.05, 0.1) is 6.61 Å². The Morgan fingerprint density at radius 3 is 2.15 bits per heavy atom. The largest absolute Gasteiger partial charge is 0.490 e. The van der Waals surface area contributed by atoms with Crippen LogP contribution in [0.25, 0.3) is 0 Å². The highest BCUT2D eigenvalue weighted by Gasteiger charge is 2.32. The summed E-state index contributed by atoms with van der Waals surface area (Å²) >= 11 is 0. The molecule has 0 saturated heterocycles. The fourth-order valence-corrected chi connectivity index (χ4v) is 6.73. The molecule has 0 radical (unpaired) electrons. The van der Waals surface area contributed by atoms with Crippen molar-refractivity contribution in [2.75, 3.05) is 12.8 Å². The van der Waals surface area contributed by atoms with Gasteiger partial charge in [-0.05, 0) is 93.1 Å². The van der Waals surface area contributed by atoms with Crippen LogP contribution in [0.15, 0.2) is 12.1 Å². The van der Waals surface area contributed by atoms with Gasteiger partial charge in [-0.2, -0.15) is 4.39 Å². The van der Waals surface area contributed by atoms with E-state index in [2.05, 4.69) is 6.92 Å². The Hall–Kier alpha value is -0.770. The second kappa shape index (κ2) is 14.7. The smallest absolute Gasteiger partial charge is 0.200 e. The third-order valence-electron chi connectivity index (χ3n) is 8.32. The summed E-state index contributed by atoms with van der Waals surface area (Å²) in [6, 6.07) is 3.31. The van der Waals surface area contributed by atoms with Crippen molar-refractivity contribution in [1.82, 2.24) is 0 Å². The Bertz CT molecular complexity index is 714. The molecule has 0 atom stereocenters. The van der Waals surface area contributed by atoms with E-state index in [0.29, 0.717) is 31.2 Å². The standard InChI is InChI=1S/C28H45F2O3P/c1-2-3-5-8-21-9-11-22(12-10-21)23-13-15-24(16-14-23)25-17-18-26(28(30)27(25)29)33-19-6-4-7-20-34(31)32/h17-18,21-24,31-32H,2-16,19-20H2,1H3. The van der Waals surface area contributed by atoms with E-state index in [4.69, 9.17) is 14.5 Å². The molecule has 0 bridgehead atoms. The molecule has 2 fully saturated rings. The topological polar surface area (TPSA) is 49.7 Å². The van der Waals surface area contributed by atoms with Crippen molar-refractivity contribution in [3.8, 4) is 5.75 Å². The molecular weight excluding hydrogens is 453 g/mol. The number of hydrogen-bond acceptors (Lipinski definition) is 3. The fraction of sp³-hybridized carbons (Fsp3) is 0.786. The van der Waals surface area contributed by atoms with Crippen LogP contribution in [0, 0.1) is 29.4 Å². The highest BCUT2D eigenvalue weighted by Crippen LogP contribution is 2.45. The number of halogens is 2. The summed E-state index contributed by atoms with van der Waals surface area (Å²) in [5, 5.41) is 0. The van der Waals surface area contributed by atoms with Gasteiger partial charge in [0.25, 0.3) is 0 Å². The van der Waals surface area contributed by atoms with Crippen molar-refractivity contribution < 1.29 is 23.3 Å². The molecule has 34 heavy (non-hydrogen) atoms. The van der Waals surface area contributed by atoms with E-state index in [9.17, 15) is 8.78 Å². The van der Waals surface area contributed by atoms with Crippen LogP contribution in [-0.4, -0.2) is 22.6 Å². The van der Waals surface area contributed by atoms with Crippen LogP contribution in [0.1, 0.15) is 115 Å². The molecule has 0 heterocycles. The minimum absolute atomic E-state index is 0.0165. The highest BCUT2D eigenvalue weighted by atomic mass is 31.2. The highest BCUT2D eigenvalue weighted by molar-refractivity contribution is 7.45. The Labute approximate surface area is 206 Å². The summed E-state index contributed by atoms with van der Waals surface area (Å²) in [5.41, 5.74) is 0.516. The first-order chi connectivity index (χ1) is 16.5. The van der Waals surface area contributed by atoms with Gasteiger partial charge in [-0.1, -0.05) is 51.5 Å². The van der Waals surface area contributed by atoms with Crippen LogP contribution in [0.3, 0.4) is 0 Å². The van der Waals surface area contributed by atoms with Crippen LogP contribution in [0.2, 0.25) is 0 Å². The minimum atomic E-state index is -1.85. The van der Waals surface area contributed by atoms with E-state index in [1.54, 1.807) is 12.1 Å². The summed E-state index contributed by atoms with van der Waals surface area (Å²) in [6.07, 6.45) is 17.7. The van der Waals surface area contributed by atoms with E-state index in [1.807, 2.05) is 0 Å². The molecule has 0 amide bonds. The van der Waals surface area contributed by atoms with Crippen LogP contribution >= 0.6 is 8.38 Å².